The van der Waals surface area contributed by atoms with E-state index in [1.807, 2.05) is 6.92 Å². The molecule has 0 saturated heterocycles. The van der Waals surface area contributed by atoms with Crippen LogP contribution in [0.4, 0.5) is 10.1 Å². The van der Waals surface area contributed by atoms with Crippen molar-refractivity contribution in [2.24, 2.45) is 0 Å². The fourth-order valence-electron chi connectivity index (χ4n) is 2.52. The number of ether oxygens (including phenoxy) is 1. The number of nitrogens with one attached hydrogen (secondary N) is 1. The maximum atomic E-state index is 13.7. The van der Waals surface area contributed by atoms with Gasteiger partial charge in [-0.05, 0) is 43.7 Å². The second kappa shape index (κ2) is 8.84. The molecule has 8 heteroatoms. The van der Waals surface area contributed by atoms with E-state index < -0.39 is 0 Å². The van der Waals surface area contributed by atoms with Gasteiger partial charge in [-0.15, -0.1) is 0 Å². The Kier molecular flexibility index (Phi) is 6.26. The molecule has 3 aromatic rings. The van der Waals surface area contributed by atoms with E-state index in [4.69, 9.17) is 20.9 Å². The highest BCUT2D eigenvalue weighted by Crippen LogP contribution is 2.28. The molecule has 1 N–H and O–H groups in total. The first-order chi connectivity index (χ1) is 13.5. The predicted octanol–water partition coefficient (Wildman–Crippen LogP) is 4.81. The summed E-state index contributed by atoms with van der Waals surface area (Å²) in [6.45, 7) is 4.00. The van der Waals surface area contributed by atoms with Crippen molar-refractivity contribution >= 4 is 23.2 Å². The third kappa shape index (κ3) is 4.86. The lowest BCUT2D eigenvalue weighted by Crippen LogP contribution is -2.13. The minimum absolute atomic E-state index is 0.127. The van der Waals surface area contributed by atoms with Gasteiger partial charge in [-0.2, -0.15) is 4.98 Å². The van der Waals surface area contributed by atoms with E-state index in [0.29, 0.717) is 40.1 Å². The lowest BCUT2D eigenvalue weighted by atomic mass is 10.1. The Balaban J connectivity index is 1.62. The van der Waals surface area contributed by atoms with Gasteiger partial charge in [0.15, 0.2) is 0 Å². The average Bonchev–Trinajstić information content (AvgIpc) is 3.14. The van der Waals surface area contributed by atoms with Gasteiger partial charge in [0.2, 0.25) is 17.6 Å². The molecule has 0 saturated carbocycles. The van der Waals surface area contributed by atoms with Crippen molar-refractivity contribution in [2.45, 2.75) is 26.7 Å². The molecular formula is C20H19ClFN3O3. The van der Waals surface area contributed by atoms with E-state index >= 15 is 0 Å². The molecule has 0 unspecified atom stereocenters. The monoisotopic (exact) mass is 403 g/mol. The SMILES string of the molecule is CCOc1ccc(Cl)cc1NC(=O)CCc1nc(-c2ccc(C)c(F)c2)no1. The normalized spacial score (nSPS) is 10.7. The van der Waals surface area contributed by atoms with Crippen LogP contribution in [-0.2, 0) is 11.2 Å². The zero-order valence-corrected chi connectivity index (χ0v) is 16.2. The van der Waals surface area contributed by atoms with Crippen LogP contribution in [0.5, 0.6) is 5.75 Å². The molecule has 6 nitrogen and oxygen atoms in total. The molecule has 0 bridgehead atoms. The standard InChI is InChI=1S/C20H19ClFN3O3/c1-3-27-17-7-6-14(21)11-16(17)23-18(26)8-9-19-24-20(25-28-19)13-5-4-12(2)15(22)10-13/h4-7,10-11H,3,8-9H2,1-2H3,(H,23,26). The Bertz CT molecular complexity index is 991. The van der Waals surface area contributed by atoms with E-state index in [1.54, 1.807) is 37.3 Å². The summed E-state index contributed by atoms with van der Waals surface area (Å²) in [7, 11) is 0. The molecule has 0 aliphatic carbocycles. The molecule has 0 aliphatic rings. The van der Waals surface area contributed by atoms with E-state index in [-0.39, 0.29) is 30.4 Å². The molecule has 2 aromatic carbocycles. The summed E-state index contributed by atoms with van der Waals surface area (Å²) in [6.07, 6.45) is 0.375. The van der Waals surface area contributed by atoms with E-state index in [9.17, 15) is 9.18 Å². The number of carbonyl (C=O) groups is 1. The van der Waals surface area contributed by atoms with Crippen molar-refractivity contribution in [3.8, 4) is 17.1 Å². The Morgan fingerprint density at radius 1 is 1.29 bits per heavy atom. The molecule has 1 aromatic heterocycles. The number of anilines is 1. The lowest BCUT2D eigenvalue weighted by Gasteiger charge is -2.11. The molecule has 0 atom stereocenters. The smallest absolute Gasteiger partial charge is 0.227 e. The van der Waals surface area contributed by atoms with Gasteiger partial charge in [0.05, 0.1) is 12.3 Å². The van der Waals surface area contributed by atoms with Crippen molar-refractivity contribution < 1.29 is 18.4 Å². The average molecular weight is 404 g/mol. The van der Waals surface area contributed by atoms with Gasteiger partial charge in [-0.3, -0.25) is 4.79 Å². The summed E-state index contributed by atoms with van der Waals surface area (Å²) in [6, 6.07) is 9.73. The number of halogens is 2. The quantitative estimate of drug-likeness (QED) is 0.612. The van der Waals surface area contributed by atoms with Crippen LogP contribution in [0.2, 0.25) is 5.02 Å². The van der Waals surface area contributed by atoms with Crippen LogP contribution in [-0.4, -0.2) is 22.7 Å². The second-order valence-electron chi connectivity index (χ2n) is 6.10. The Morgan fingerprint density at radius 2 is 2.11 bits per heavy atom. The van der Waals surface area contributed by atoms with Gasteiger partial charge < -0.3 is 14.6 Å². The topological polar surface area (TPSA) is 77.2 Å². The predicted molar refractivity (Wildman–Crippen MR) is 104 cm³/mol. The molecule has 1 heterocycles. The van der Waals surface area contributed by atoms with Crippen LogP contribution in [0, 0.1) is 12.7 Å². The lowest BCUT2D eigenvalue weighted by molar-refractivity contribution is -0.116. The summed E-state index contributed by atoms with van der Waals surface area (Å²) in [5.74, 6) is 0.533. The molecule has 0 fully saturated rings. The maximum absolute atomic E-state index is 13.7. The van der Waals surface area contributed by atoms with Crippen LogP contribution < -0.4 is 10.1 Å². The number of hydrogen-bond donors (Lipinski definition) is 1. The number of amides is 1. The molecule has 28 heavy (non-hydrogen) atoms. The summed E-state index contributed by atoms with van der Waals surface area (Å²) in [5, 5.41) is 7.11. The van der Waals surface area contributed by atoms with E-state index in [0.717, 1.165) is 0 Å². The van der Waals surface area contributed by atoms with Crippen LogP contribution in [0.3, 0.4) is 0 Å². The zero-order valence-electron chi connectivity index (χ0n) is 15.5. The third-order valence-corrected chi connectivity index (χ3v) is 4.21. The zero-order chi connectivity index (χ0) is 20.1. The van der Waals surface area contributed by atoms with Gasteiger partial charge in [0.25, 0.3) is 0 Å². The van der Waals surface area contributed by atoms with Crippen LogP contribution >= 0.6 is 11.6 Å². The Morgan fingerprint density at radius 3 is 2.86 bits per heavy atom. The fraction of sp³-hybridized carbons (Fsp3) is 0.250. The Labute approximate surface area is 166 Å². The third-order valence-electron chi connectivity index (χ3n) is 3.98. The van der Waals surface area contributed by atoms with Gasteiger partial charge in [-0.1, -0.05) is 28.9 Å². The first-order valence-electron chi connectivity index (χ1n) is 8.77. The van der Waals surface area contributed by atoms with Crippen molar-refractivity contribution in [2.75, 3.05) is 11.9 Å². The minimum Gasteiger partial charge on any atom is -0.492 e. The number of nitrogens with zero attached hydrogens (tertiary/aromatic N) is 2. The van der Waals surface area contributed by atoms with Gasteiger partial charge in [0.1, 0.15) is 11.6 Å². The number of aryl methyl sites for hydroxylation is 2. The first kappa shape index (κ1) is 19.8. The summed E-state index contributed by atoms with van der Waals surface area (Å²) in [4.78, 5) is 16.5. The number of rotatable bonds is 7. The van der Waals surface area contributed by atoms with Crippen LogP contribution in [0.25, 0.3) is 11.4 Å². The molecular weight excluding hydrogens is 385 g/mol. The Hall–Kier alpha value is -2.93. The van der Waals surface area contributed by atoms with Crippen molar-refractivity contribution in [1.82, 2.24) is 10.1 Å². The fourth-order valence-corrected chi connectivity index (χ4v) is 2.69. The maximum Gasteiger partial charge on any atom is 0.227 e. The molecule has 0 aliphatic heterocycles. The highest BCUT2D eigenvalue weighted by molar-refractivity contribution is 6.31. The first-order valence-corrected chi connectivity index (χ1v) is 9.15. The van der Waals surface area contributed by atoms with Crippen LogP contribution in [0.15, 0.2) is 40.9 Å². The number of carbonyl (C=O) groups excluding carboxylic acids is 1. The van der Waals surface area contributed by atoms with Gasteiger partial charge >= 0.3 is 0 Å². The van der Waals surface area contributed by atoms with E-state index in [1.165, 1.54) is 6.07 Å². The van der Waals surface area contributed by atoms with Crippen molar-refractivity contribution in [1.29, 1.82) is 0 Å². The molecule has 146 valence electrons. The summed E-state index contributed by atoms with van der Waals surface area (Å²) in [5.41, 5.74) is 1.56. The van der Waals surface area contributed by atoms with E-state index in [2.05, 4.69) is 15.5 Å². The highest BCUT2D eigenvalue weighted by Gasteiger charge is 2.13. The van der Waals surface area contributed by atoms with Crippen LogP contribution in [0.1, 0.15) is 24.8 Å². The summed E-state index contributed by atoms with van der Waals surface area (Å²) < 4.78 is 24.3. The molecule has 3 rings (SSSR count). The number of hydrogen-bond acceptors (Lipinski definition) is 5. The summed E-state index contributed by atoms with van der Waals surface area (Å²) >= 11 is 5.99. The largest absolute Gasteiger partial charge is 0.492 e. The van der Waals surface area contributed by atoms with Crippen molar-refractivity contribution in [3.63, 3.8) is 0 Å². The number of aromatic nitrogens is 2. The number of benzene rings is 2. The minimum atomic E-state index is -0.338. The highest BCUT2D eigenvalue weighted by atomic mass is 35.5. The van der Waals surface area contributed by atoms with Gasteiger partial charge in [0, 0.05) is 23.4 Å². The second-order valence-corrected chi connectivity index (χ2v) is 6.53. The molecule has 0 radical (unpaired) electrons. The van der Waals surface area contributed by atoms with Gasteiger partial charge in [-0.25, -0.2) is 4.39 Å². The molecule has 1 amide bonds. The molecule has 0 spiro atoms. The van der Waals surface area contributed by atoms with Crippen molar-refractivity contribution in [3.05, 3.63) is 58.7 Å².